The lowest BCUT2D eigenvalue weighted by atomic mass is 10.1. The topological polar surface area (TPSA) is 32.7 Å². The number of amides is 1. The first-order chi connectivity index (χ1) is 10.7. The number of unbranched alkanes of at least 4 members (excludes halogenated alkanes) is 8. The van der Waals surface area contributed by atoms with Crippen LogP contribution in [0.2, 0.25) is 0 Å². The van der Waals surface area contributed by atoms with Crippen LogP contribution in [0.5, 0.6) is 0 Å². The van der Waals surface area contributed by atoms with Crippen molar-refractivity contribution in [3.63, 3.8) is 0 Å². The molecule has 0 saturated carbocycles. The van der Waals surface area contributed by atoms with Gasteiger partial charge < -0.3 is 4.90 Å². The summed E-state index contributed by atoms with van der Waals surface area (Å²) in [7, 11) is 0. The Morgan fingerprint density at radius 3 is 1.68 bits per heavy atom. The molecule has 3 nitrogen and oxygen atoms in total. The molecule has 0 rings (SSSR count). The van der Waals surface area contributed by atoms with Gasteiger partial charge in [0.25, 0.3) is 0 Å². The molecule has 0 aliphatic carbocycles. The third-order valence-corrected chi connectivity index (χ3v) is 4.12. The first kappa shape index (κ1) is 21.3. The van der Waals surface area contributed by atoms with E-state index in [1.165, 1.54) is 77.4 Å². The van der Waals surface area contributed by atoms with Crippen LogP contribution in [0.25, 0.3) is 0 Å². The molecular formula is C19H38N2O. The lowest BCUT2D eigenvalue weighted by Gasteiger charge is -2.20. The summed E-state index contributed by atoms with van der Waals surface area (Å²) in [5, 5.41) is 0. The molecule has 0 aromatic rings. The molecule has 3 heteroatoms. The van der Waals surface area contributed by atoms with Crippen LogP contribution in [-0.4, -0.2) is 37.2 Å². The number of nitrogens with zero attached hydrogens (tertiary/aromatic N) is 2. The molecule has 0 aromatic heterocycles. The molecule has 0 unspecified atom stereocenters. The van der Waals surface area contributed by atoms with Gasteiger partial charge in [-0.25, -0.2) is 4.99 Å². The highest BCUT2D eigenvalue weighted by atomic mass is 16.1. The number of aliphatic imine (C=N–C) groups is 1. The molecule has 0 aromatic carbocycles. The fraction of sp³-hybridized carbons (Fsp3) is 0.895. The van der Waals surface area contributed by atoms with Crippen LogP contribution in [0, 0.1) is 0 Å². The van der Waals surface area contributed by atoms with Crippen molar-refractivity contribution in [1.29, 1.82) is 0 Å². The first-order valence-corrected chi connectivity index (χ1v) is 9.46. The smallest absolute Gasteiger partial charge is 0.245 e. The van der Waals surface area contributed by atoms with E-state index in [4.69, 9.17) is 0 Å². The molecule has 0 N–H and O–H groups in total. The molecule has 1 amide bonds. The number of hydrogen-bond donors (Lipinski definition) is 0. The average Bonchev–Trinajstić information content (AvgIpc) is 2.52. The highest BCUT2D eigenvalue weighted by molar-refractivity contribution is 5.80. The Morgan fingerprint density at radius 1 is 0.773 bits per heavy atom. The van der Waals surface area contributed by atoms with Crippen molar-refractivity contribution in [2.24, 2.45) is 4.99 Å². The summed E-state index contributed by atoms with van der Waals surface area (Å²) in [6.45, 7) is 11.6. The van der Waals surface area contributed by atoms with Gasteiger partial charge in [-0.15, -0.1) is 0 Å². The number of carbonyl (C=O) groups is 1. The summed E-state index contributed by atoms with van der Waals surface area (Å²) >= 11 is 0. The summed E-state index contributed by atoms with van der Waals surface area (Å²) in [5.41, 5.74) is 0. The SMILES string of the molecule is C=NC(=O)CCCCCCCCCCCN(CCC)CCC. The number of carbonyl (C=O) groups excluding carboxylic acids is 1. The minimum atomic E-state index is -0.0554. The first-order valence-electron chi connectivity index (χ1n) is 9.46. The number of hydrogen-bond acceptors (Lipinski definition) is 2. The van der Waals surface area contributed by atoms with Crippen molar-refractivity contribution in [2.75, 3.05) is 19.6 Å². The second kappa shape index (κ2) is 16.7. The van der Waals surface area contributed by atoms with Gasteiger partial charge in [0.1, 0.15) is 0 Å². The highest BCUT2D eigenvalue weighted by Crippen LogP contribution is 2.11. The maximum atomic E-state index is 10.9. The van der Waals surface area contributed by atoms with Crippen LogP contribution in [-0.2, 0) is 4.79 Å². The Kier molecular flexibility index (Phi) is 16.1. The van der Waals surface area contributed by atoms with Gasteiger partial charge >= 0.3 is 0 Å². The zero-order valence-electron chi connectivity index (χ0n) is 15.1. The molecule has 0 radical (unpaired) electrons. The van der Waals surface area contributed by atoms with E-state index >= 15 is 0 Å². The zero-order valence-corrected chi connectivity index (χ0v) is 15.1. The Labute approximate surface area is 138 Å². The maximum absolute atomic E-state index is 10.9. The Hall–Kier alpha value is -0.700. The van der Waals surface area contributed by atoms with E-state index < -0.39 is 0 Å². The fourth-order valence-corrected chi connectivity index (χ4v) is 2.90. The third-order valence-electron chi connectivity index (χ3n) is 4.12. The normalized spacial score (nSPS) is 11.0. The lowest BCUT2D eigenvalue weighted by Crippen LogP contribution is -2.26. The van der Waals surface area contributed by atoms with Crippen molar-refractivity contribution < 1.29 is 4.79 Å². The van der Waals surface area contributed by atoms with Crippen molar-refractivity contribution >= 4 is 12.6 Å². The molecule has 130 valence electrons. The third kappa shape index (κ3) is 14.2. The van der Waals surface area contributed by atoms with Crippen LogP contribution in [0.3, 0.4) is 0 Å². The summed E-state index contributed by atoms with van der Waals surface area (Å²) < 4.78 is 0. The summed E-state index contributed by atoms with van der Waals surface area (Å²) in [4.78, 5) is 17.0. The van der Waals surface area contributed by atoms with Crippen LogP contribution in [0.15, 0.2) is 4.99 Å². The van der Waals surface area contributed by atoms with E-state index in [-0.39, 0.29) is 5.91 Å². The summed E-state index contributed by atoms with van der Waals surface area (Å²) in [5.74, 6) is -0.0554. The number of rotatable bonds is 16. The van der Waals surface area contributed by atoms with E-state index in [1.54, 1.807) is 0 Å². The van der Waals surface area contributed by atoms with E-state index in [1.807, 2.05) is 0 Å². The summed E-state index contributed by atoms with van der Waals surface area (Å²) in [6, 6.07) is 0. The van der Waals surface area contributed by atoms with Gasteiger partial charge in [0.05, 0.1) is 0 Å². The predicted molar refractivity (Wildman–Crippen MR) is 97.7 cm³/mol. The van der Waals surface area contributed by atoms with Crippen LogP contribution in [0.4, 0.5) is 0 Å². The molecule has 0 aliphatic rings. The van der Waals surface area contributed by atoms with Gasteiger partial charge in [-0.1, -0.05) is 58.8 Å². The van der Waals surface area contributed by atoms with Crippen molar-refractivity contribution in [2.45, 2.75) is 90.9 Å². The van der Waals surface area contributed by atoms with Crippen molar-refractivity contribution in [1.82, 2.24) is 4.90 Å². The minimum absolute atomic E-state index is 0.0554. The molecule has 0 atom stereocenters. The molecule has 0 fully saturated rings. The van der Waals surface area contributed by atoms with Gasteiger partial charge in [-0.05, 0) is 52.0 Å². The van der Waals surface area contributed by atoms with E-state index in [9.17, 15) is 4.79 Å². The van der Waals surface area contributed by atoms with E-state index in [0.717, 1.165) is 12.8 Å². The fourth-order valence-electron chi connectivity index (χ4n) is 2.90. The van der Waals surface area contributed by atoms with Crippen molar-refractivity contribution in [3.8, 4) is 0 Å². The molecule has 0 bridgehead atoms. The molecule has 22 heavy (non-hydrogen) atoms. The van der Waals surface area contributed by atoms with Crippen LogP contribution < -0.4 is 0 Å². The average molecular weight is 311 g/mol. The van der Waals surface area contributed by atoms with Crippen LogP contribution >= 0.6 is 0 Å². The summed E-state index contributed by atoms with van der Waals surface area (Å²) in [6.07, 6.45) is 14.7. The standard InChI is InChI=1S/C19H38N2O/c1-4-16-21(17-5-2)18-14-12-10-8-6-7-9-11-13-15-19(22)20-3/h3-18H2,1-2H3. The van der Waals surface area contributed by atoms with Gasteiger partial charge in [0.2, 0.25) is 5.91 Å². The highest BCUT2D eigenvalue weighted by Gasteiger charge is 2.01. The van der Waals surface area contributed by atoms with Gasteiger partial charge in [-0.2, -0.15) is 0 Å². The quantitative estimate of drug-likeness (QED) is 0.288. The van der Waals surface area contributed by atoms with E-state index in [0.29, 0.717) is 6.42 Å². The molecule has 0 aliphatic heterocycles. The molecule has 0 spiro atoms. The van der Waals surface area contributed by atoms with Crippen LogP contribution in [0.1, 0.15) is 90.9 Å². The van der Waals surface area contributed by atoms with E-state index in [2.05, 4.69) is 30.5 Å². The molecule has 0 saturated heterocycles. The molecular weight excluding hydrogens is 272 g/mol. The van der Waals surface area contributed by atoms with Crippen molar-refractivity contribution in [3.05, 3.63) is 0 Å². The maximum Gasteiger partial charge on any atom is 0.245 e. The molecule has 0 heterocycles. The lowest BCUT2D eigenvalue weighted by molar-refractivity contribution is -0.117. The second-order valence-corrected chi connectivity index (χ2v) is 6.33. The Morgan fingerprint density at radius 2 is 1.23 bits per heavy atom. The minimum Gasteiger partial charge on any atom is -0.303 e. The van der Waals surface area contributed by atoms with Gasteiger partial charge in [0, 0.05) is 6.42 Å². The second-order valence-electron chi connectivity index (χ2n) is 6.33. The Bertz CT molecular complexity index is 260. The Balaban J connectivity index is 3.25. The zero-order chi connectivity index (χ0) is 16.5. The van der Waals surface area contributed by atoms with Gasteiger partial charge in [-0.3, -0.25) is 4.79 Å². The largest absolute Gasteiger partial charge is 0.303 e. The predicted octanol–water partition coefficient (Wildman–Crippen LogP) is 5.24. The monoisotopic (exact) mass is 310 g/mol. The van der Waals surface area contributed by atoms with Gasteiger partial charge in [0.15, 0.2) is 0 Å².